The van der Waals surface area contributed by atoms with E-state index in [2.05, 4.69) is 55.3 Å². The third-order valence-electron chi connectivity index (χ3n) is 3.87. The zero-order valence-corrected chi connectivity index (χ0v) is 13.6. The van der Waals surface area contributed by atoms with E-state index in [4.69, 9.17) is 0 Å². The summed E-state index contributed by atoms with van der Waals surface area (Å²) in [5, 5.41) is 3.55. The van der Waals surface area contributed by atoms with Crippen LogP contribution in [0.4, 0.5) is 5.69 Å². The van der Waals surface area contributed by atoms with E-state index in [1.165, 1.54) is 11.3 Å². The first kappa shape index (κ1) is 15.8. The molecule has 0 spiro atoms. The molecule has 0 aromatic heterocycles. The lowest BCUT2D eigenvalue weighted by Gasteiger charge is -2.37. The second kappa shape index (κ2) is 6.48. The average molecular weight is 289 g/mol. The molecular weight excluding hydrogens is 262 g/mol. The molecule has 0 bridgehead atoms. The first-order chi connectivity index (χ1) is 9.87. The van der Waals surface area contributed by atoms with Crippen LogP contribution in [-0.4, -0.2) is 42.5 Å². The Labute approximate surface area is 128 Å². The van der Waals surface area contributed by atoms with Gasteiger partial charge in [-0.3, -0.25) is 4.79 Å². The van der Waals surface area contributed by atoms with E-state index < -0.39 is 0 Å². The molecular formula is C17H27N3O. The molecule has 2 rings (SSSR count). The van der Waals surface area contributed by atoms with E-state index in [-0.39, 0.29) is 11.4 Å². The molecule has 1 N–H and O–H groups in total. The van der Waals surface area contributed by atoms with Crippen molar-refractivity contribution in [1.82, 2.24) is 10.2 Å². The van der Waals surface area contributed by atoms with Gasteiger partial charge in [0.05, 0.1) is 0 Å². The van der Waals surface area contributed by atoms with Crippen LogP contribution in [0.3, 0.4) is 0 Å². The molecule has 1 aliphatic heterocycles. The second-order valence-corrected chi connectivity index (χ2v) is 6.73. The van der Waals surface area contributed by atoms with Gasteiger partial charge in [-0.25, -0.2) is 0 Å². The topological polar surface area (TPSA) is 35.6 Å². The van der Waals surface area contributed by atoms with Gasteiger partial charge in [0, 0.05) is 50.9 Å². The first-order valence-electron chi connectivity index (χ1n) is 7.70. The largest absolute Gasteiger partial charge is 0.368 e. The summed E-state index contributed by atoms with van der Waals surface area (Å²) in [6.45, 7) is 12.5. The molecule has 1 aromatic carbocycles. The van der Waals surface area contributed by atoms with E-state index in [1.54, 1.807) is 6.92 Å². The number of nitrogens with zero attached hydrogens (tertiary/aromatic N) is 2. The molecule has 0 unspecified atom stereocenters. The summed E-state index contributed by atoms with van der Waals surface area (Å²) < 4.78 is 0. The van der Waals surface area contributed by atoms with Crippen LogP contribution < -0.4 is 10.2 Å². The number of carbonyl (C=O) groups is 1. The summed E-state index contributed by atoms with van der Waals surface area (Å²) in [7, 11) is 0. The SMILES string of the molecule is CC(=O)N1CCN(c2ccccc2CNC(C)(C)C)CC1. The van der Waals surface area contributed by atoms with Crippen molar-refractivity contribution in [1.29, 1.82) is 0 Å². The zero-order chi connectivity index (χ0) is 15.5. The summed E-state index contributed by atoms with van der Waals surface area (Å²) in [4.78, 5) is 15.7. The highest BCUT2D eigenvalue weighted by molar-refractivity contribution is 5.73. The Hall–Kier alpha value is -1.55. The maximum Gasteiger partial charge on any atom is 0.219 e. The monoisotopic (exact) mass is 289 g/mol. The molecule has 1 fully saturated rings. The molecule has 4 nitrogen and oxygen atoms in total. The van der Waals surface area contributed by atoms with E-state index >= 15 is 0 Å². The number of benzene rings is 1. The Balaban J connectivity index is 2.05. The summed E-state index contributed by atoms with van der Waals surface area (Å²) in [6.07, 6.45) is 0. The number of hydrogen-bond donors (Lipinski definition) is 1. The van der Waals surface area contributed by atoms with Crippen LogP contribution in [0.25, 0.3) is 0 Å². The molecule has 1 aromatic rings. The van der Waals surface area contributed by atoms with Gasteiger partial charge in [-0.05, 0) is 32.4 Å². The molecule has 4 heteroatoms. The number of piperazine rings is 1. The van der Waals surface area contributed by atoms with Crippen LogP contribution in [-0.2, 0) is 11.3 Å². The molecule has 1 amide bonds. The summed E-state index contributed by atoms with van der Waals surface area (Å²) >= 11 is 0. The fraction of sp³-hybridized carbons (Fsp3) is 0.588. The molecule has 1 saturated heterocycles. The molecule has 1 heterocycles. The molecule has 21 heavy (non-hydrogen) atoms. The number of rotatable bonds is 3. The van der Waals surface area contributed by atoms with Crippen molar-refractivity contribution in [2.24, 2.45) is 0 Å². The Bertz CT molecular complexity index is 485. The molecule has 0 aliphatic carbocycles. The predicted octanol–water partition coefficient (Wildman–Crippen LogP) is 2.24. The number of carbonyl (C=O) groups excluding carboxylic acids is 1. The lowest BCUT2D eigenvalue weighted by Crippen LogP contribution is -2.48. The second-order valence-electron chi connectivity index (χ2n) is 6.73. The van der Waals surface area contributed by atoms with Crippen molar-refractivity contribution in [2.75, 3.05) is 31.1 Å². The van der Waals surface area contributed by atoms with Gasteiger partial charge >= 0.3 is 0 Å². The number of hydrogen-bond acceptors (Lipinski definition) is 3. The van der Waals surface area contributed by atoms with Crippen molar-refractivity contribution in [3.05, 3.63) is 29.8 Å². The normalized spacial score (nSPS) is 16.2. The highest BCUT2D eigenvalue weighted by atomic mass is 16.2. The minimum absolute atomic E-state index is 0.112. The highest BCUT2D eigenvalue weighted by Gasteiger charge is 2.20. The predicted molar refractivity (Wildman–Crippen MR) is 87.5 cm³/mol. The highest BCUT2D eigenvalue weighted by Crippen LogP contribution is 2.22. The Morgan fingerprint density at radius 2 is 1.76 bits per heavy atom. The standard InChI is InChI=1S/C17H27N3O/c1-14(21)19-9-11-20(12-10-19)16-8-6-5-7-15(16)13-18-17(2,3)4/h5-8,18H,9-13H2,1-4H3. The molecule has 0 saturated carbocycles. The first-order valence-corrected chi connectivity index (χ1v) is 7.70. The fourth-order valence-corrected chi connectivity index (χ4v) is 2.59. The third kappa shape index (κ3) is 4.46. The van der Waals surface area contributed by atoms with Gasteiger partial charge < -0.3 is 15.1 Å². The van der Waals surface area contributed by atoms with E-state index in [0.717, 1.165) is 32.7 Å². The number of nitrogens with one attached hydrogen (secondary N) is 1. The van der Waals surface area contributed by atoms with Crippen LogP contribution in [0.2, 0.25) is 0 Å². The van der Waals surface area contributed by atoms with Gasteiger partial charge in [-0.1, -0.05) is 18.2 Å². The van der Waals surface area contributed by atoms with Crippen molar-refractivity contribution in [3.63, 3.8) is 0 Å². The van der Waals surface area contributed by atoms with E-state index in [0.29, 0.717) is 0 Å². The molecule has 0 atom stereocenters. The van der Waals surface area contributed by atoms with Crippen LogP contribution in [0.15, 0.2) is 24.3 Å². The van der Waals surface area contributed by atoms with Gasteiger partial charge in [0.25, 0.3) is 0 Å². The maximum atomic E-state index is 11.4. The Morgan fingerprint density at radius 3 is 2.33 bits per heavy atom. The average Bonchev–Trinajstić information content (AvgIpc) is 2.45. The van der Waals surface area contributed by atoms with Crippen LogP contribution in [0.1, 0.15) is 33.3 Å². The summed E-state index contributed by atoms with van der Waals surface area (Å²) in [6, 6.07) is 8.55. The minimum atomic E-state index is 0.112. The molecule has 0 radical (unpaired) electrons. The van der Waals surface area contributed by atoms with Crippen molar-refractivity contribution < 1.29 is 4.79 Å². The quantitative estimate of drug-likeness (QED) is 0.927. The Morgan fingerprint density at radius 1 is 1.14 bits per heavy atom. The van der Waals surface area contributed by atoms with Gasteiger partial charge in [0.2, 0.25) is 5.91 Å². The Kier molecular flexibility index (Phi) is 4.88. The molecule has 1 aliphatic rings. The van der Waals surface area contributed by atoms with Gasteiger partial charge in [-0.15, -0.1) is 0 Å². The maximum absolute atomic E-state index is 11.4. The number of anilines is 1. The zero-order valence-electron chi connectivity index (χ0n) is 13.6. The summed E-state index contributed by atoms with van der Waals surface area (Å²) in [5.41, 5.74) is 2.72. The number of para-hydroxylation sites is 1. The lowest BCUT2D eigenvalue weighted by molar-refractivity contribution is -0.129. The van der Waals surface area contributed by atoms with E-state index in [9.17, 15) is 4.79 Å². The van der Waals surface area contributed by atoms with Gasteiger partial charge in [-0.2, -0.15) is 0 Å². The number of amides is 1. The van der Waals surface area contributed by atoms with Crippen molar-refractivity contribution in [2.45, 2.75) is 39.8 Å². The minimum Gasteiger partial charge on any atom is -0.368 e. The molecule has 116 valence electrons. The lowest BCUT2D eigenvalue weighted by atomic mass is 10.1. The smallest absolute Gasteiger partial charge is 0.219 e. The van der Waals surface area contributed by atoms with Crippen LogP contribution in [0.5, 0.6) is 0 Å². The van der Waals surface area contributed by atoms with Crippen LogP contribution in [0, 0.1) is 0 Å². The van der Waals surface area contributed by atoms with Gasteiger partial charge in [0.1, 0.15) is 0 Å². The fourth-order valence-electron chi connectivity index (χ4n) is 2.59. The summed E-state index contributed by atoms with van der Waals surface area (Å²) in [5.74, 6) is 0.178. The third-order valence-corrected chi connectivity index (χ3v) is 3.87. The van der Waals surface area contributed by atoms with E-state index in [1.807, 2.05) is 4.90 Å². The van der Waals surface area contributed by atoms with Crippen LogP contribution >= 0.6 is 0 Å². The van der Waals surface area contributed by atoms with Gasteiger partial charge in [0.15, 0.2) is 0 Å². The van der Waals surface area contributed by atoms with Crippen molar-refractivity contribution >= 4 is 11.6 Å². The van der Waals surface area contributed by atoms with Crippen molar-refractivity contribution in [3.8, 4) is 0 Å².